The third-order valence-corrected chi connectivity index (χ3v) is 4.43. The summed E-state index contributed by atoms with van der Waals surface area (Å²) >= 11 is 0. The molecule has 0 aliphatic rings. The van der Waals surface area contributed by atoms with Crippen LogP contribution in [-0.4, -0.2) is 7.05 Å². The summed E-state index contributed by atoms with van der Waals surface area (Å²) in [4.78, 5) is 0. The first-order chi connectivity index (χ1) is 8.99. The van der Waals surface area contributed by atoms with Gasteiger partial charge in [0.2, 0.25) is 0 Å². The van der Waals surface area contributed by atoms with E-state index < -0.39 is 31.3 Å². The molecule has 0 bridgehead atoms. The minimum absolute atomic E-state index is 0.319. The molecule has 2 aromatic carbocycles. The SMILES string of the molecule is CNP(c1cc(F)cc(F)c1)c1cc(F)cc(F)c1. The van der Waals surface area contributed by atoms with Gasteiger partial charge in [0.15, 0.2) is 0 Å². The van der Waals surface area contributed by atoms with E-state index >= 15 is 0 Å². The molecular weight excluding hydrogens is 277 g/mol. The van der Waals surface area contributed by atoms with Crippen molar-refractivity contribution in [2.75, 3.05) is 7.05 Å². The molecule has 0 spiro atoms. The van der Waals surface area contributed by atoms with Gasteiger partial charge < -0.3 is 0 Å². The zero-order valence-corrected chi connectivity index (χ0v) is 10.8. The number of benzene rings is 2. The fourth-order valence-corrected chi connectivity index (χ4v) is 3.57. The van der Waals surface area contributed by atoms with Crippen molar-refractivity contribution in [3.05, 3.63) is 59.7 Å². The van der Waals surface area contributed by atoms with Crippen LogP contribution in [0.2, 0.25) is 0 Å². The highest BCUT2D eigenvalue weighted by molar-refractivity contribution is 7.71. The van der Waals surface area contributed by atoms with Gasteiger partial charge in [0.25, 0.3) is 0 Å². The van der Waals surface area contributed by atoms with Crippen molar-refractivity contribution >= 4 is 18.7 Å². The van der Waals surface area contributed by atoms with Gasteiger partial charge in [0, 0.05) is 30.8 Å². The van der Waals surface area contributed by atoms with E-state index in [0.717, 1.165) is 36.4 Å². The molecule has 1 nitrogen and oxygen atoms in total. The molecule has 0 amide bonds. The minimum Gasteiger partial charge on any atom is -0.292 e. The molecule has 0 aromatic heterocycles. The average molecular weight is 287 g/mol. The highest BCUT2D eigenvalue weighted by Gasteiger charge is 2.16. The van der Waals surface area contributed by atoms with Crippen LogP contribution >= 0.6 is 8.07 Å². The van der Waals surface area contributed by atoms with Gasteiger partial charge >= 0.3 is 0 Å². The fraction of sp³-hybridized carbons (Fsp3) is 0.0769. The van der Waals surface area contributed by atoms with Crippen molar-refractivity contribution < 1.29 is 17.6 Å². The summed E-state index contributed by atoms with van der Waals surface area (Å²) in [6.45, 7) is 0. The number of hydrogen-bond acceptors (Lipinski definition) is 1. The van der Waals surface area contributed by atoms with E-state index in [1.807, 2.05) is 0 Å². The lowest BCUT2D eigenvalue weighted by molar-refractivity contribution is 0.585. The zero-order chi connectivity index (χ0) is 14.0. The van der Waals surface area contributed by atoms with Crippen LogP contribution < -0.4 is 15.7 Å². The standard InChI is InChI=1S/C13H10F4NP/c1-18-19(12-4-8(14)2-9(15)5-12)13-6-10(16)3-11(17)7-13/h2-7,18H,1H3. The van der Waals surface area contributed by atoms with Gasteiger partial charge in [0.1, 0.15) is 23.3 Å². The monoisotopic (exact) mass is 287 g/mol. The van der Waals surface area contributed by atoms with Crippen molar-refractivity contribution in [3.8, 4) is 0 Å². The van der Waals surface area contributed by atoms with Crippen LogP contribution in [-0.2, 0) is 0 Å². The topological polar surface area (TPSA) is 12.0 Å². The molecule has 0 fully saturated rings. The summed E-state index contributed by atoms with van der Waals surface area (Å²) in [5, 5.41) is 3.48. The Bertz CT molecular complexity index is 511. The molecule has 0 atom stereocenters. The summed E-state index contributed by atoms with van der Waals surface area (Å²) in [6.07, 6.45) is 0. The minimum atomic E-state index is -1.42. The van der Waals surface area contributed by atoms with Gasteiger partial charge in [-0.25, -0.2) is 17.6 Å². The lowest BCUT2D eigenvalue weighted by Crippen LogP contribution is -2.22. The van der Waals surface area contributed by atoms with Crippen LogP contribution in [0, 0.1) is 23.3 Å². The van der Waals surface area contributed by atoms with Gasteiger partial charge in [-0.3, -0.25) is 5.09 Å². The summed E-state index contributed by atoms with van der Waals surface area (Å²) in [5.41, 5.74) is 0. The van der Waals surface area contributed by atoms with Crippen molar-refractivity contribution in [1.82, 2.24) is 5.09 Å². The van der Waals surface area contributed by atoms with Gasteiger partial charge in [-0.15, -0.1) is 0 Å². The molecular formula is C13H10F4NP. The highest BCUT2D eigenvalue weighted by Crippen LogP contribution is 2.29. The third kappa shape index (κ3) is 3.31. The van der Waals surface area contributed by atoms with E-state index in [4.69, 9.17) is 0 Å². The lowest BCUT2D eigenvalue weighted by Gasteiger charge is -2.17. The average Bonchev–Trinajstić information content (AvgIpc) is 2.27. The second kappa shape index (κ2) is 5.68. The Labute approximate surface area is 109 Å². The van der Waals surface area contributed by atoms with Gasteiger partial charge in [-0.1, -0.05) is 0 Å². The molecule has 19 heavy (non-hydrogen) atoms. The second-order valence-corrected chi connectivity index (χ2v) is 5.97. The molecule has 2 aromatic rings. The summed E-state index contributed by atoms with van der Waals surface area (Å²) in [7, 11) is 0.143. The van der Waals surface area contributed by atoms with Crippen LogP contribution in [0.25, 0.3) is 0 Å². The Hall–Kier alpha value is -1.45. The van der Waals surface area contributed by atoms with Crippen molar-refractivity contribution in [3.63, 3.8) is 0 Å². The van der Waals surface area contributed by atoms with Gasteiger partial charge in [0.05, 0.1) is 0 Å². The fourth-order valence-electron chi connectivity index (χ4n) is 1.74. The van der Waals surface area contributed by atoms with Crippen LogP contribution in [0.1, 0.15) is 0 Å². The van der Waals surface area contributed by atoms with E-state index in [2.05, 4.69) is 5.09 Å². The third-order valence-electron chi connectivity index (χ3n) is 2.43. The number of rotatable bonds is 3. The highest BCUT2D eigenvalue weighted by atomic mass is 31.1. The summed E-state index contributed by atoms with van der Waals surface area (Å²) < 4.78 is 52.8. The number of nitrogens with one attached hydrogen (secondary N) is 1. The molecule has 0 radical (unpaired) electrons. The Morgan fingerprint density at radius 3 is 1.26 bits per heavy atom. The Balaban J connectivity index is 2.49. The molecule has 6 heteroatoms. The normalized spacial score (nSPS) is 11.1. The zero-order valence-electron chi connectivity index (χ0n) is 9.92. The molecule has 0 heterocycles. The van der Waals surface area contributed by atoms with Crippen LogP contribution in [0.5, 0.6) is 0 Å². The molecule has 2 rings (SSSR count). The van der Waals surface area contributed by atoms with Crippen LogP contribution in [0.3, 0.4) is 0 Å². The Morgan fingerprint density at radius 1 is 0.684 bits per heavy atom. The molecule has 0 saturated heterocycles. The maximum atomic E-state index is 13.2. The quantitative estimate of drug-likeness (QED) is 0.676. The molecule has 0 aliphatic heterocycles. The number of halogens is 4. The van der Waals surface area contributed by atoms with Crippen molar-refractivity contribution in [2.45, 2.75) is 0 Å². The van der Waals surface area contributed by atoms with Gasteiger partial charge in [-0.2, -0.15) is 0 Å². The van der Waals surface area contributed by atoms with Crippen molar-refractivity contribution in [1.29, 1.82) is 0 Å². The number of hydrogen-bond donors (Lipinski definition) is 1. The maximum absolute atomic E-state index is 13.2. The Kier molecular flexibility index (Phi) is 4.17. The largest absolute Gasteiger partial charge is 0.292 e. The van der Waals surface area contributed by atoms with E-state index in [-0.39, 0.29) is 0 Å². The van der Waals surface area contributed by atoms with E-state index in [1.165, 1.54) is 0 Å². The van der Waals surface area contributed by atoms with E-state index in [1.54, 1.807) is 7.05 Å². The Morgan fingerprint density at radius 2 is 1.00 bits per heavy atom. The first-order valence-corrected chi connectivity index (χ1v) is 6.73. The summed E-state index contributed by atoms with van der Waals surface area (Å²) in [5.74, 6) is -2.91. The molecule has 0 aliphatic carbocycles. The van der Waals surface area contributed by atoms with E-state index in [0.29, 0.717) is 10.6 Å². The first-order valence-electron chi connectivity index (χ1n) is 5.39. The smallest absolute Gasteiger partial charge is 0.126 e. The summed E-state index contributed by atoms with van der Waals surface area (Å²) in [6, 6.07) is 6.09. The van der Waals surface area contributed by atoms with Gasteiger partial charge in [-0.05, 0) is 31.3 Å². The predicted octanol–water partition coefficient (Wildman–Crippen LogP) is 2.81. The molecule has 100 valence electrons. The predicted molar refractivity (Wildman–Crippen MR) is 68.0 cm³/mol. The van der Waals surface area contributed by atoms with Crippen molar-refractivity contribution in [2.24, 2.45) is 0 Å². The molecule has 1 N–H and O–H groups in total. The second-order valence-electron chi connectivity index (χ2n) is 3.81. The maximum Gasteiger partial charge on any atom is 0.126 e. The molecule has 0 saturated carbocycles. The first kappa shape index (κ1) is 14.0. The molecule has 0 unspecified atom stereocenters. The lowest BCUT2D eigenvalue weighted by atomic mass is 10.3. The van der Waals surface area contributed by atoms with Crippen LogP contribution in [0.15, 0.2) is 36.4 Å². The van der Waals surface area contributed by atoms with E-state index in [9.17, 15) is 17.6 Å². The van der Waals surface area contributed by atoms with Crippen LogP contribution in [0.4, 0.5) is 17.6 Å².